The van der Waals surface area contributed by atoms with Crippen molar-refractivity contribution in [1.29, 1.82) is 0 Å². The van der Waals surface area contributed by atoms with Crippen LogP contribution in [-0.2, 0) is 20.9 Å². The molecular formula is C13H14ClNO4. The third-order valence-corrected chi connectivity index (χ3v) is 3.07. The molecule has 102 valence electrons. The molecule has 0 saturated carbocycles. The van der Waals surface area contributed by atoms with Crippen LogP contribution < -0.4 is 0 Å². The third kappa shape index (κ3) is 3.68. The maximum atomic E-state index is 11.9. The van der Waals surface area contributed by atoms with Gasteiger partial charge in [0.1, 0.15) is 6.61 Å². The highest BCUT2D eigenvalue weighted by Gasteiger charge is 2.33. The summed E-state index contributed by atoms with van der Waals surface area (Å²) in [6, 6.07) is 8.56. The van der Waals surface area contributed by atoms with E-state index in [0.29, 0.717) is 13.2 Å². The highest BCUT2D eigenvalue weighted by Crippen LogP contribution is 2.12. The van der Waals surface area contributed by atoms with Gasteiger partial charge in [-0.2, -0.15) is 0 Å². The zero-order valence-corrected chi connectivity index (χ0v) is 11.0. The molecule has 1 aliphatic rings. The Kier molecular flexibility index (Phi) is 4.76. The van der Waals surface area contributed by atoms with E-state index < -0.39 is 17.4 Å². The van der Waals surface area contributed by atoms with Gasteiger partial charge in [-0.15, -0.1) is 0 Å². The van der Waals surface area contributed by atoms with Gasteiger partial charge in [0.05, 0.1) is 13.2 Å². The van der Waals surface area contributed by atoms with Crippen LogP contribution in [0.1, 0.15) is 5.56 Å². The number of rotatable bonds is 3. The second kappa shape index (κ2) is 6.54. The van der Waals surface area contributed by atoms with E-state index in [1.54, 1.807) is 0 Å². The predicted molar refractivity (Wildman–Crippen MR) is 68.8 cm³/mol. The number of esters is 1. The monoisotopic (exact) mass is 283 g/mol. The molecule has 0 N–H and O–H groups in total. The molecule has 0 aromatic heterocycles. The molecule has 1 aromatic rings. The fourth-order valence-corrected chi connectivity index (χ4v) is 2.04. The van der Waals surface area contributed by atoms with E-state index >= 15 is 0 Å². The number of hydrogen-bond acceptors (Lipinski definition) is 4. The topological polar surface area (TPSA) is 55.8 Å². The summed E-state index contributed by atoms with van der Waals surface area (Å²) in [4.78, 5) is 24.4. The van der Waals surface area contributed by atoms with Crippen molar-refractivity contribution in [3.8, 4) is 0 Å². The van der Waals surface area contributed by atoms with Crippen LogP contribution in [0.5, 0.6) is 0 Å². The fraction of sp³-hybridized carbons (Fsp3) is 0.385. The lowest BCUT2D eigenvalue weighted by Gasteiger charge is -2.32. The maximum Gasteiger partial charge on any atom is 0.331 e. The third-order valence-electron chi connectivity index (χ3n) is 2.85. The van der Waals surface area contributed by atoms with Crippen molar-refractivity contribution in [1.82, 2.24) is 4.90 Å². The molecule has 1 atom stereocenters. The van der Waals surface area contributed by atoms with Crippen molar-refractivity contribution in [2.24, 2.45) is 0 Å². The molecule has 1 aromatic carbocycles. The Hall–Kier alpha value is -1.59. The first kappa shape index (κ1) is 13.8. The van der Waals surface area contributed by atoms with Crippen molar-refractivity contribution >= 4 is 22.9 Å². The van der Waals surface area contributed by atoms with Crippen LogP contribution in [-0.4, -0.2) is 42.0 Å². The van der Waals surface area contributed by atoms with Crippen LogP contribution in [0.3, 0.4) is 0 Å². The van der Waals surface area contributed by atoms with Gasteiger partial charge in [0, 0.05) is 6.54 Å². The normalized spacial score (nSPS) is 19.0. The van der Waals surface area contributed by atoms with Crippen molar-refractivity contribution in [3.05, 3.63) is 35.9 Å². The number of benzene rings is 1. The number of halogens is 1. The standard InChI is InChI=1S/C13H14ClNO4/c14-13(17)15-6-7-18-9-11(15)12(16)19-8-10-4-2-1-3-5-10/h1-5,11H,6-9H2/t11-/m1/s1. The molecule has 0 unspecified atom stereocenters. The van der Waals surface area contributed by atoms with E-state index in [-0.39, 0.29) is 13.2 Å². The summed E-state index contributed by atoms with van der Waals surface area (Å²) in [6.45, 7) is 0.959. The molecule has 0 radical (unpaired) electrons. The molecule has 1 heterocycles. The fourth-order valence-electron chi connectivity index (χ4n) is 1.83. The summed E-state index contributed by atoms with van der Waals surface area (Å²) < 4.78 is 10.4. The number of amides is 1. The first-order valence-electron chi connectivity index (χ1n) is 5.93. The molecular weight excluding hydrogens is 270 g/mol. The molecule has 0 bridgehead atoms. The number of nitrogens with zero attached hydrogens (tertiary/aromatic N) is 1. The van der Waals surface area contributed by atoms with E-state index in [1.165, 1.54) is 4.90 Å². The number of ether oxygens (including phenoxy) is 2. The minimum Gasteiger partial charge on any atom is -0.459 e. The first-order valence-corrected chi connectivity index (χ1v) is 6.30. The Bertz CT molecular complexity index is 451. The zero-order valence-electron chi connectivity index (χ0n) is 10.3. The summed E-state index contributed by atoms with van der Waals surface area (Å²) in [5.41, 5.74) is 0.885. The maximum absolute atomic E-state index is 11.9. The van der Waals surface area contributed by atoms with Gasteiger partial charge >= 0.3 is 11.3 Å². The number of morpholine rings is 1. The van der Waals surface area contributed by atoms with Crippen molar-refractivity contribution in [2.45, 2.75) is 12.6 Å². The van der Waals surface area contributed by atoms with E-state index in [0.717, 1.165) is 5.56 Å². The number of carbonyl (C=O) groups is 2. The van der Waals surface area contributed by atoms with Gasteiger partial charge in [-0.05, 0) is 17.2 Å². The molecule has 0 spiro atoms. The van der Waals surface area contributed by atoms with Crippen LogP contribution in [0.4, 0.5) is 4.79 Å². The number of hydrogen-bond donors (Lipinski definition) is 0. The first-order chi connectivity index (χ1) is 9.18. The van der Waals surface area contributed by atoms with E-state index in [9.17, 15) is 9.59 Å². The predicted octanol–water partition coefficient (Wildman–Crippen LogP) is 1.79. The van der Waals surface area contributed by atoms with Gasteiger partial charge in [-0.3, -0.25) is 4.79 Å². The van der Waals surface area contributed by atoms with Gasteiger partial charge in [0.2, 0.25) is 0 Å². The van der Waals surface area contributed by atoms with E-state index in [2.05, 4.69) is 0 Å². The highest BCUT2D eigenvalue weighted by molar-refractivity contribution is 6.63. The molecule has 1 amide bonds. The molecule has 1 aliphatic heterocycles. The molecule has 2 rings (SSSR count). The van der Waals surface area contributed by atoms with Gasteiger partial charge in [-0.1, -0.05) is 30.3 Å². The Morgan fingerprint density at radius 1 is 1.37 bits per heavy atom. The summed E-state index contributed by atoms with van der Waals surface area (Å²) in [5, 5.41) is -0.662. The average molecular weight is 284 g/mol. The van der Waals surface area contributed by atoms with Crippen molar-refractivity contribution in [3.63, 3.8) is 0 Å². The smallest absolute Gasteiger partial charge is 0.331 e. The summed E-state index contributed by atoms with van der Waals surface area (Å²) in [6.07, 6.45) is 0. The quantitative estimate of drug-likeness (QED) is 0.482. The minimum absolute atomic E-state index is 0.117. The SMILES string of the molecule is O=C(OCc1ccccc1)[C@H]1COCCN1C(=O)Cl. The Morgan fingerprint density at radius 2 is 2.11 bits per heavy atom. The molecule has 0 aliphatic carbocycles. The Balaban J connectivity index is 1.93. The van der Waals surface area contributed by atoms with Gasteiger partial charge in [0.25, 0.3) is 0 Å². The molecule has 19 heavy (non-hydrogen) atoms. The molecule has 5 nitrogen and oxygen atoms in total. The Morgan fingerprint density at radius 3 is 2.79 bits per heavy atom. The average Bonchev–Trinajstić information content (AvgIpc) is 2.46. The molecule has 1 fully saturated rings. The zero-order chi connectivity index (χ0) is 13.7. The van der Waals surface area contributed by atoms with Crippen LogP contribution in [0.2, 0.25) is 0 Å². The lowest BCUT2D eigenvalue weighted by molar-refractivity contribution is -0.155. The van der Waals surface area contributed by atoms with E-state index in [1.807, 2.05) is 30.3 Å². The van der Waals surface area contributed by atoms with Crippen LogP contribution in [0, 0.1) is 0 Å². The second-order valence-corrected chi connectivity index (χ2v) is 4.45. The lowest BCUT2D eigenvalue weighted by atomic mass is 10.2. The number of carbonyl (C=O) groups excluding carboxylic acids is 2. The minimum atomic E-state index is -0.762. The van der Waals surface area contributed by atoms with Crippen molar-refractivity contribution in [2.75, 3.05) is 19.8 Å². The van der Waals surface area contributed by atoms with Crippen LogP contribution in [0.15, 0.2) is 30.3 Å². The van der Waals surface area contributed by atoms with Crippen LogP contribution in [0.25, 0.3) is 0 Å². The van der Waals surface area contributed by atoms with Crippen LogP contribution >= 0.6 is 11.6 Å². The largest absolute Gasteiger partial charge is 0.459 e. The van der Waals surface area contributed by atoms with Gasteiger partial charge in [0.15, 0.2) is 6.04 Å². The summed E-state index contributed by atoms with van der Waals surface area (Å²) >= 11 is 5.44. The van der Waals surface area contributed by atoms with Gasteiger partial charge in [-0.25, -0.2) is 4.79 Å². The van der Waals surface area contributed by atoms with E-state index in [4.69, 9.17) is 21.1 Å². The molecule has 1 saturated heterocycles. The van der Waals surface area contributed by atoms with Gasteiger partial charge < -0.3 is 14.4 Å². The summed E-state index contributed by atoms with van der Waals surface area (Å²) in [5.74, 6) is -0.502. The summed E-state index contributed by atoms with van der Waals surface area (Å²) in [7, 11) is 0. The van der Waals surface area contributed by atoms with Crippen molar-refractivity contribution < 1.29 is 19.1 Å². The lowest BCUT2D eigenvalue weighted by Crippen LogP contribution is -2.51. The second-order valence-electron chi connectivity index (χ2n) is 4.13. The Labute approximate surface area is 116 Å². The molecule has 6 heteroatoms. The highest BCUT2D eigenvalue weighted by atomic mass is 35.5.